The van der Waals surface area contributed by atoms with E-state index < -0.39 is 0 Å². The van der Waals surface area contributed by atoms with Gasteiger partial charge in [0.1, 0.15) is 12.2 Å². The predicted octanol–water partition coefficient (Wildman–Crippen LogP) is 1.87. The first kappa shape index (κ1) is 23.1. The second kappa shape index (κ2) is 13.5. The minimum absolute atomic E-state index is 0.0231. The quantitative estimate of drug-likeness (QED) is 0.716. The largest absolute Gasteiger partial charge is 0.372 e. The van der Waals surface area contributed by atoms with E-state index in [-0.39, 0.29) is 36.1 Å². The average molecular weight is 318 g/mol. The van der Waals surface area contributed by atoms with Crippen LogP contribution in [0.1, 0.15) is 54.9 Å². The number of methoxy groups -OCH3 is 1. The molecular weight excluding hydrogens is 284 g/mol. The molecule has 2 amide bonds. The maximum Gasteiger partial charge on any atom is 0.249 e. The van der Waals surface area contributed by atoms with E-state index in [2.05, 4.69) is 10.6 Å². The number of carbonyl (C=O) groups is 2. The van der Waals surface area contributed by atoms with E-state index in [1.165, 1.54) is 0 Å². The molecule has 0 aromatic heterocycles. The zero-order valence-electron chi connectivity index (χ0n) is 15.4. The third-order valence-electron chi connectivity index (χ3n) is 2.60. The molecule has 0 fully saturated rings. The third kappa shape index (κ3) is 12.6. The van der Waals surface area contributed by atoms with Gasteiger partial charge in [-0.05, 0) is 48.0 Å². The SMILES string of the molecule is CCC(OC)C(=O)NC(C)C.CCOC(C)C(=O)NC(C)C. The van der Waals surface area contributed by atoms with Crippen molar-refractivity contribution in [3.05, 3.63) is 0 Å². The van der Waals surface area contributed by atoms with Crippen LogP contribution < -0.4 is 10.6 Å². The Hall–Kier alpha value is -1.14. The number of hydrogen-bond acceptors (Lipinski definition) is 4. The van der Waals surface area contributed by atoms with Gasteiger partial charge in [0.2, 0.25) is 11.8 Å². The summed E-state index contributed by atoms with van der Waals surface area (Å²) >= 11 is 0. The fourth-order valence-corrected chi connectivity index (χ4v) is 1.56. The van der Waals surface area contributed by atoms with E-state index in [1.807, 2.05) is 41.5 Å². The number of amides is 2. The Kier molecular flexibility index (Phi) is 14.2. The Morgan fingerprint density at radius 2 is 1.36 bits per heavy atom. The number of nitrogens with one attached hydrogen (secondary N) is 2. The highest BCUT2D eigenvalue weighted by Gasteiger charge is 2.15. The van der Waals surface area contributed by atoms with Crippen LogP contribution in [0, 0.1) is 0 Å². The molecule has 22 heavy (non-hydrogen) atoms. The Labute approximate surface area is 135 Å². The van der Waals surface area contributed by atoms with E-state index in [0.29, 0.717) is 6.61 Å². The van der Waals surface area contributed by atoms with Crippen molar-refractivity contribution < 1.29 is 19.1 Å². The standard InChI is InChI=1S/2C8H17NO2/c1-5-7(11-4)8(10)9-6(2)3;1-5-11-7(4)8(10)9-6(2)3/h2*6-7H,5H2,1-4H3,(H,9,10). The van der Waals surface area contributed by atoms with Gasteiger partial charge in [-0.25, -0.2) is 0 Å². The van der Waals surface area contributed by atoms with Gasteiger partial charge in [0.15, 0.2) is 0 Å². The van der Waals surface area contributed by atoms with Gasteiger partial charge < -0.3 is 20.1 Å². The lowest BCUT2D eigenvalue weighted by atomic mass is 10.2. The van der Waals surface area contributed by atoms with E-state index in [1.54, 1.807) is 14.0 Å². The fourth-order valence-electron chi connectivity index (χ4n) is 1.56. The molecule has 0 heterocycles. The molecule has 6 heteroatoms. The summed E-state index contributed by atoms with van der Waals surface area (Å²) in [7, 11) is 1.55. The zero-order chi connectivity index (χ0) is 17.7. The molecule has 132 valence electrons. The lowest BCUT2D eigenvalue weighted by Crippen LogP contribution is -2.39. The van der Waals surface area contributed by atoms with E-state index in [4.69, 9.17) is 9.47 Å². The van der Waals surface area contributed by atoms with E-state index >= 15 is 0 Å². The summed E-state index contributed by atoms with van der Waals surface area (Å²) in [6.45, 7) is 13.8. The van der Waals surface area contributed by atoms with E-state index in [0.717, 1.165) is 6.42 Å². The van der Waals surface area contributed by atoms with Gasteiger partial charge in [0, 0.05) is 25.8 Å². The van der Waals surface area contributed by atoms with Crippen molar-refractivity contribution in [3.8, 4) is 0 Å². The second-order valence-electron chi connectivity index (χ2n) is 5.56. The van der Waals surface area contributed by atoms with Crippen molar-refractivity contribution >= 4 is 11.8 Å². The highest BCUT2D eigenvalue weighted by molar-refractivity contribution is 5.81. The van der Waals surface area contributed by atoms with Gasteiger partial charge >= 0.3 is 0 Å². The molecule has 0 bridgehead atoms. The molecule has 2 atom stereocenters. The van der Waals surface area contributed by atoms with Gasteiger partial charge in [-0.2, -0.15) is 0 Å². The molecule has 0 aliphatic rings. The molecule has 0 saturated heterocycles. The number of carbonyl (C=O) groups excluding carboxylic acids is 2. The minimum Gasteiger partial charge on any atom is -0.372 e. The van der Waals surface area contributed by atoms with Crippen molar-refractivity contribution in [2.45, 2.75) is 79.2 Å². The molecule has 0 rings (SSSR count). The normalized spacial score (nSPS) is 13.2. The van der Waals surface area contributed by atoms with Crippen LogP contribution in [-0.2, 0) is 19.1 Å². The van der Waals surface area contributed by atoms with Crippen molar-refractivity contribution in [2.24, 2.45) is 0 Å². The summed E-state index contributed by atoms with van der Waals surface area (Å²) in [6.07, 6.45) is 0.0921. The Balaban J connectivity index is 0. The highest BCUT2D eigenvalue weighted by Crippen LogP contribution is 1.96. The van der Waals surface area contributed by atoms with Crippen molar-refractivity contribution in [3.63, 3.8) is 0 Å². The average Bonchev–Trinajstić information content (AvgIpc) is 2.39. The second-order valence-corrected chi connectivity index (χ2v) is 5.56. The number of ether oxygens (including phenoxy) is 2. The Bertz CT molecular complexity index is 303. The molecule has 0 aromatic carbocycles. The lowest BCUT2D eigenvalue weighted by Gasteiger charge is -2.14. The first-order chi connectivity index (χ1) is 10.2. The molecular formula is C16H34N2O4. The summed E-state index contributed by atoms with van der Waals surface area (Å²) in [4.78, 5) is 22.3. The van der Waals surface area contributed by atoms with E-state index in [9.17, 15) is 9.59 Å². The first-order valence-electron chi connectivity index (χ1n) is 7.94. The molecule has 0 spiro atoms. The van der Waals surface area contributed by atoms with Gasteiger partial charge in [-0.1, -0.05) is 6.92 Å². The van der Waals surface area contributed by atoms with Crippen LogP contribution in [0.3, 0.4) is 0 Å². The predicted molar refractivity (Wildman–Crippen MR) is 88.7 cm³/mol. The van der Waals surface area contributed by atoms with Crippen LogP contribution in [0.4, 0.5) is 0 Å². The molecule has 0 saturated carbocycles. The molecule has 0 aliphatic carbocycles. The smallest absolute Gasteiger partial charge is 0.249 e. The van der Waals surface area contributed by atoms with Gasteiger partial charge in [0.25, 0.3) is 0 Å². The highest BCUT2D eigenvalue weighted by atomic mass is 16.5. The van der Waals surface area contributed by atoms with Crippen molar-refractivity contribution in [1.29, 1.82) is 0 Å². The summed E-state index contributed by atoms with van der Waals surface area (Å²) < 4.78 is 10.0. The van der Waals surface area contributed by atoms with Gasteiger partial charge in [0.05, 0.1) is 0 Å². The van der Waals surface area contributed by atoms with Gasteiger partial charge in [-0.3, -0.25) is 9.59 Å². The molecule has 0 aromatic rings. The van der Waals surface area contributed by atoms with Crippen molar-refractivity contribution in [2.75, 3.05) is 13.7 Å². The van der Waals surface area contributed by atoms with Crippen molar-refractivity contribution in [1.82, 2.24) is 10.6 Å². The monoisotopic (exact) mass is 318 g/mol. The van der Waals surface area contributed by atoms with Crippen LogP contribution in [0.15, 0.2) is 0 Å². The summed E-state index contributed by atoms with van der Waals surface area (Å²) in [5, 5.41) is 5.54. The topological polar surface area (TPSA) is 76.7 Å². The Morgan fingerprint density at radius 1 is 0.909 bits per heavy atom. The summed E-state index contributed by atoms with van der Waals surface area (Å²) in [6, 6.07) is 0.372. The Morgan fingerprint density at radius 3 is 1.68 bits per heavy atom. The molecule has 2 N–H and O–H groups in total. The maximum absolute atomic E-state index is 11.2. The molecule has 0 radical (unpaired) electrons. The third-order valence-corrected chi connectivity index (χ3v) is 2.60. The first-order valence-corrected chi connectivity index (χ1v) is 7.94. The lowest BCUT2D eigenvalue weighted by molar-refractivity contribution is -0.132. The fraction of sp³-hybridized carbons (Fsp3) is 0.875. The number of hydrogen-bond donors (Lipinski definition) is 2. The molecule has 0 aliphatic heterocycles. The van der Waals surface area contributed by atoms with Crippen LogP contribution >= 0.6 is 0 Å². The summed E-state index contributed by atoms with van der Waals surface area (Å²) in [5.41, 5.74) is 0. The molecule has 6 nitrogen and oxygen atoms in total. The molecule has 2 unspecified atom stereocenters. The number of rotatable bonds is 8. The van der Waals surface area contributed by atoms with Crippen LogP contribution in [0.25, 0.3) is 0 Å². The van der Waals surface area contributed by atoms with Crippen LogP contribution in [0.5, 0.6) is 0 Å². The maximum atomic E-state index is 11.2. The summed E-state index contributed by atoms with van der Waals surface area (Å²) in [5.74, 6) is -0.0631. The minimum atomic E-state index is -0.331. The van der Waals surface area contributed by atoms with Crippen LogP contribution in [-0.4, -0.2) is 49.8 Å². The van der Waals surface area contributed by atoms with Crippen LogP contribution in [0.2, 0.25) is 0 Å². The zero-order valence-corrected chi connectivity index (χ0v) is 15.4. The van der Waals surface area contributed by atoms with Gasteiger partial charge in [-0.15, -0.1) is 0 Å².